The monoisotopic (exact) mass is 257 g/mol. The third-order valence-electron chi connectivity index (χ3n) is 2.34. The van der Waals surface area contributed by atoms with Gasteiger partial charge in [-0.15, -0.1) is 0 Å². The van der Waals surface area contributed by atoms with E-state index in [-0.39, 0.29) is 17.4 Å². The highest BCUT2D eigenvalue weighted by molar-refractivity contribution is 7.98. The van der Waals surface area contributed by atoms with Gasteiger partial charge in [-0.2, -0.15) is 11.8 Å². The van der Waals surface area contributed by atoms with Gasteiger partial charge in [-0.1, -0.05) is 0 Å². The van der Waals surface area contributed by atoms with Gasteiger partial charge in [-0.05, 0) is 43.6 Å². The minimum absolute atomic E-state index is 0.00221. The molecular formula is C12H16FNO2S. The molecule has 0 aliphatic rings. The average molecular weight is 257 g/mol. The molecule has 0 bridgehead atoms. The number of phenolic OH excluding ortho intramolecular Hbond substituents is 1. The van der Waals surface area contributed by atoms with Crippen LogP contribution in [0, 0.1) is 5.82 Å². The Morgan fingerprint density at radius 3 is 2.94 bits per heavy atom. The number of nitrogens with one attached hydrogen (secondary N) is 1. The third kappa shape index (κ3) is 4.26. The zero-order valence-corrected chi connectivity index (χ0v) is 10.7. The average Bonchev–Trinajstić information content (AvgIpc) is 2.29. The van der Waals surface area contributed by atoms with Crippen molar-refractivity contribution in [3.8, 4) is 5.75 Å². The van der Waals surface area contributed by atoms with Gasteiger partial charge in [-0.25, -0.2) is 4.39 Å². The molecule has 1 unspecified atom stereocenters. The van der Waals surface area contributed by atoms with Gasteiger partial charge < -0.3 is 10.4 Å². The molecule has 0 spiro atoms. The summed E-state index contributed by atoms with van der Waals surface area (Å²) in [6.45, 7) is 1.88. The molecule has 1 aromatic carbocycles. The Morgan fingerprint density at radius 2 is 2.29 bits per heavy atom. The molecule has 0 radical (unpaired) electrons. The van der Waals surface area contributed by atoms with E-state index in [1.54, 1.807) is 11.8 Å². The van der Waals surface area contributed by atoms with Crippen LogP contribution in [0.5, 0.6) is 5.75 Å². The number of thioether (sulfide) groups is 1. The van der Waals surface area contributed by atoms with Gasteiger partial charge >= 0.3 is 0 Å². The number of phenols is 1. The van der Waals surface area contributed by atoms with Gasteiger partial charge in [-0.3, -0.25) is 4.79 Å². The van der Waals surface area contributed by atoms with Crippen LogP contribution in [0.15, 0.2) is 18.2 Å². The molecule has 0 heterocycles. The van der Waals surface area contributed by atoms with Crippen molar-refractivity contribution >= 4 is 17.7 Å². The van der Waals surface area contributed by atoms with Crippen molar-refractivity contribution < 1.29 is 14.3 Å². The van der Waals surface area contributed by atoms with Crippen molar-refractivity contribution in [2.24, 2.45) is 0 Å². The Kier molecular flexibility index (Phi) is 5.28. The van der Waals surface area contributed by atoms with Gasteiger partial charge in [0.05, 0.1) is 5.56 Å². The molecule has 0 aliphatic heterocycles. The van der Waals surface area contributed by atoms with E-state index in [0.29, 0.717) is 0 Å². The fourth-order valence-corrected chi connectivity index (χ4v) is 1.95. The standard InChI is InChI=1S/C12H16FNO2S/c1-8(5-6-17-2)14-12(16)10-7-9(13)3-4-11(10)15/h3-4,7-8,15H,5-6H2,1-2H3,(H,14,16). The van der Waals surface area contributed by atoms with Crippen molar-refractivity contribution in [2.75, 3.05) is 12.0 Å². The lowest BCUT2D eigenvalue weighted by atomic mass is 10.1. The van der Waals surface area contributed by atoms with E-state index in [0.717, 1.165) is 24.3 Å². The van der Waals surface area contributed by atoms with Gasteiger partial charge in [0.2, 0.25) is 0 Å². The largest absolute Gasteiger partial charge is 0.507 e. The Bertz CT molecular complexity index is 398. The highest BCUT2D eigenvalue weighted by Gasteiger charge is 2.14. The van der Waals surface area contributed by atoms with Gasteiger partial charge in [0.25, 0.3) is 5.91 Å². The predicted octanol–water partition coefficient (Wildman–Crippen LogP) is 2.40. The van der Waals surface area contributed by atoms with E-state index in [9.17, 15) is 14.3 Å². The van der Waals surface area contributed by atoms with Crippen LogP contribution in [0.25, 0.3) is 0 Å². The van der Waals surface area contributed by atoms with Crippen LogP contribution in [0.2, 0.25) is 0 Å². The van der Waals surface area contributed by atoms with E-state index in [4.69, 9.17) is 0 Å². The molecule has 94 valence electrons. The first-order valence-corrected chi connectivity index (χ1v) is 6.72. The maximum Gasteiger partial charge on any atom is 0.255 e. The van der Waals surface area contributed by atoms with Crippen molar-refractivity contribution in [2.45, 2.75) is 19.4 Å². The highest BCUT2D eigenvalue weighted by atomic mass is 32.2. The number of carbonyl (C=O) groups is 1. The molecule has 1 atom stereocenters. The molecule has 0 aromatic heterocycles. The second-order valence-corrected chi connectivity index (χ2v) is 4.80. The Hall–Kier alpha value is -1.23. The molecule has 0 aliphatic carbocycles. The second kappa shape index (κ2) is 6.49. The SMILES string of the molecule is CSCCC(C)NC(=O)c1cc(F)ccc1O. The lowest BCUT2D eigenvalue weighted by molar-refractivity contribution is 0.0936. The first-order chi connectivity index (χ1) is 8.04. The molecule has 1 aromatic rings. The number of aromatic hydroxyl groups is 1. The molecule has 5 heteroatoms. The van der Waals surface area contributed by atoms with Crippen molar-refractivity contribution in [1.29, 1.82) is 0 Å². The zero-order valence-electron chi connectivity index (χ0n) is 9.87. The maximum atomic E-state index is 13.0. The van der Waals surface area contributed by atoms with Crippen LogP contribution in [-0.2, 0) is 0 Å². The first-order valence-electron chi connectivity index (χ1n) is 5.33. The summed E-state index contributed by atoms with van der Waals surface area (Å²) in [5.41, 5.74) is -0.0269. The van der Waals surface area contributed by atoms with Crippen LogP contribution < -0.4 is 5.32 Å². The molecule has 0 fully saturated rings. The summed E-state index contributed by atoms with van der Waals surface area (Å²) < 4.78 is 13.0. The number of halogens is 1. The quantitative estimate of drug-likeness (QED) is 0.851. The molecule has 0 saturated heterocycles. The van der Waals surface area contributed by atoms with Crippen LogP contribution in [-0.4, -0.2) is 29.1 Å². The smallest absolute Gasteiger partial charge is 0.255 e. The van der Waals surface area contributed by atoms with Crippen molar-refractivity contribution in [1.82, 2.24) is 5.32 Å². The van der Waals surface area contributed by atoms with E-state index in [1.165, 1.54) is 6.07 Å². The number of hydrogen-bond acceptors (Lipinski definition) is 3. The molecule has 2 N–H and O–H groups in total. The fraction of sp³-hybridized carbons (Fsp3) is 0.417. The topological polar surface area (TPSA) is 49.3 Å². The lowest BCUT2D eigenvalue weighted by Gasteiger charge is -2.13. The zero-order chi connectivity index (χ0) is 12.8. The fourth-order valence-electron chi connectivity index (χ4n) is 1.36. The number of rotatable bonds is 5. The number of hydrogen-bond donors (Lipinski definition) is 2. The highest BCUT2D eigenvalue weighted by Crippen LogP contribution is 2.17. The van der Waals surface area contributed by atoms with Crippen molar-refractivity contribution in [3.63, 3.8) is 0 Å². The van der Waals surface area contributed by atoms with Gasteiger partial charge in [0, 0.05) is 6.04 Å². The van der Waals surface area contributed by atoms with E-state index in [2.05, 4.69) is 5.32 Å². The normalized spacial score (nSPS) is 12.2. The summed E-state index contributed by atoms with van der Waals surface area (Å²) in [6, 6.07) is 3.32. The molecule has 17 heavy (non-hydrogen) atoms. The first kappa shape index (κ1) is 13.8. The maximum absolute atomic E-state index is 13.0. The summed E-state index contributed by atoms with van der Waals surface area (Å²) in [5, 5.41) is 12.2. The summed E-state index contributed by atoms with van der Waals surface area (Å²) in [4.78, 5) is 11.7. The van der Waals surface area contributed by atoms with Crippen LogP contribution in [0.3, 0.4) is 0 Å². The number of carbonyl (C=O) groups excluding carboxylic acids is 1. The molecule has 0 saturated carbocycles. The Morgan fingerprint density at radius 1 is 1.59 bits per heavy atom. The van der Waals surface area contributed by atoms with E-state index in [1.807, 2.05) is 13.2 Å². The van der Waals surface area contributed by atoms with Crippen LogP contribution >= 0.6 is 11.8 Å². The Labute approximate surface area is 104 Å². The molecular weight excluding hydrogens is 241 g/mol. The molecule has 1 rings (SSSR count). The Balaban J connectivity index is 2.66. The summed E-state index contributed by atoms with van der Waals surface area (Å²) in [7, 11) is 0. The van der Waals surface area contributed by atoms with Crippen LogP contribution in [0.1, 0.15) is 23.7 Å². The molecule has 1 amide bonds. The van der Waals surface area contributed by atoms with E-state index >= 15 is 0 Å². The predicted molar refractivity (Wildman–Crippen MR) is 68.0 cm³/mol. The summed E-state index contributed by atoms with van der Waals surface area (Å²) >= 11 is 1.70. The second-order valence-electron chi connectivity index (χ2n) is 3.82. The number of amides is 1. The van der Waals surface area contributed by atoms with Gasteiger partial charge in [0.15, 0.2) is 0 Å². The lowest BCUT2D eigenvalue weighted by Crippen LogP contribution is -2.33. The third-order valence-corrected chi connectivity index (χ3v) is 2.98. The minimum Gasteiger partial charge on any atom is -0.507 e. The van der Waals surface area contributed by atoms with Crippen LogP contribution in [0.4, 0.5) is 4.39 Å². The minimum atomic E-state index is -0.537. The van der Waals surface area contributed by atoms with Crippen molar-refractivity contribution in [3.05, 3.63) is 29.6 Å². The van der Waals surface area contributed by atoms with E-state index < -0.39 is 11.7 Å². The number of benzene rings is 1. The molecule has 3 nitrogen and oxygen atoms in total. The summed E-state index contributed by atoms with van der Waals surface area (Å²) in [6.07, 6.45) is 2.83. The van der Waals surface area contributed by atoms with Gasteiger partial charge in [0.1, 0.15) is 11.6 Å². The summed E-state index contributed by atoms with van der Waals surface area (Å²) in [5.74, 6) is -0.252.